The van der Waals surface area contributed by atoms with E-state index in [4.69, 9.17) is 0 Å². The van der Waals surface area contributed by atoms with Crippen LogP contribution in [-0.2, 0) is 0 Å². The summed E-state index contributed by atoms with van der Waals surface area (Å²) in [5, 5.41) is 0. The van der Waals surface area contributed by atoms with E-state index in [1.54, 1.807) is 19.1 Å². The zero-order chi connectivity index (χ0) is 23.5. The van der Waals surface area contributed by atoms with E-state index < -0.39 is 23.7 Å². The molecule has 32 heavy (non-hydrogen) atoms. The van der Waals surface area contributed by atoms with Crippen LogP contribution >= 0.6 is 0 Å². The normalized spacial score (nSPS) is 10.6. The monoisotopic (exact) mass is 440 g/mol. The fourth-order valence-corrected chi connectivity index (χ4v) is 2.76. The average Bonchev–Trinajstić information content (AvgIpc) is 2.71. The van der Waals surface area contributed by atoms with Gasteiger partial charge in [-0.15, -0.1) is 13.2 Å². The number of halogens is 5. The van der Waals surface area contributed by atoms with Crippen LogP contribution < -0.4 is 4.74 Å². The summed E-state index contributed by atoms with van der Waals surface area (Å²) in [6, 6.07) is 11.9. The van der Waals surface area contributed by atoms with Crippen LogP contribution in [0.3, 0.4) is 0 Å². The number of alkyl halides is 3. The quantitative estimate of drug-likeness (QED) is 0.307. The molecule has 0 bridgehead atoms. The second kappa shape index (κ2) is 9.16. The fraction of sp³-hybridized carbons (Fsp3) is 0.154. The maximum atomic E-state index is 13.7. The first-order valence-electron chi connectivity index (χ1n) is 9.48. The molecule has 0 aliphatic rings. The van der Waals surface area contributed by atoms with E-state index in [-0.39, 0.29) is 22.3 Å². The molecule has 0 aliphatic heterocycles. The zero-order valence-corrected chi connectivity index (χ0v) is 17.4. The van der Waals surface area contributed by atoms with Crippen molar-refractivity contribution in [2.75, 3.05) is 0 Å². The highest BCUT2D eigenvalue weighted by Gasteiger charge is 2.32. The van der Waals surface area contributed by atoms with Crippen molar-refractivity contribution in [1.82, 2.24) is 0 Å². The predicted octanol–water partition coefficient (Wildman–Crippen LogP) is 6.59. The van der Waals surface area contributed by atoms with Crippen LogP contribution in [0.25, 0.3) is 0 Å². The molecule has 0 aromatic heterocycles. The molecular weight excluding hydrogens is 423 g/mol. The molecule has 3 aromatic carbocycles. The Hall–Kier alpha value is -3.77. The Labute approximate surface area is 182 Å². The number of aryl methyl sites for hydroxylation is 2. The molecule has 0 amide bonds. The number of hydrogen-bond donors (Lipinski definition) is 0. The van der Waals surface area contributed by atoms with Gasteiger partial charge in [-0.2, -0.15) is 0 Å². The van der Waals surface area contributed by atoms with Crippen molar-refractivity contribution in [3.8, 4) is 29.4 Å². The van der Waals surface area contributed by atoms with E-state index in [1.165, 1.54) is 13.0 Å². The molecule has 0 saturated carbocycles. The summed E-state index contributed by atoms with van der Waals surface area (Å²) < 4.78 is 70.5. The highest BCUT2D eigenvalue weighted by molar-refractivity contribution is 5.58. The maximum Gasteiger partial charge on any atom is 0.573 e. The van der Waals surface area contributed by atoms with Gasteiger partial charge in [-0.3, -0.25) is 0 Å². The van der Waals surface area contributed by atoms with Gasteiger partial charge in [-0.25, -0.2) is 8.78 Å². The molecule has 162 valence electrons. The zero-order valence-electron chi connectivity index (χ0n) is 17.4. The lowest BCUT2D eigenvalue weighted by molar-refractivity contribution is -0.274. The van der Waals surface area contributed by atoms with Gasteiger partial charge in [0.1, 0.15) is 17.4 Å². The molecule has 3 rings (SSSR count). The lowest BCUT2D eigenvalue weighted by Crippen LogP contribution is -2.18. The summed E-state index contributed by atoms with van der Waals surface area (Å²) in [7, 11) is 0. The third-order valence-electron chi connectivity index (χ3n) is 4.57. The molecule has 0 radical (unpaired) electrons. The molecular formula is C26H17F5O. The molecule has 0 unspecified atom stereocenters. The summed E-state index contributed by atoms with van der Waals surface area (Å²) in [6.07, 6.45) is -4.93. The summed E-state index contributed by atoms with van der Waals surface area (Å²) in [5.41, 5.74) is 2.39. The Morgan fingerprint density at radius 1 is 0.688 bits per heavy atom. The summed E-state index contributed by atoms with van der Waals surface area (Å²) >= 11 is 0. The number of hydrogen-bond acceptors (Lipinski definition) is 1. The summed E-state index contributed by atoms with van der Waals surface area (Å²) in [5.74, 6) is 8.75. The van der Waals surface area contributed by atoms with Crippen molar-refractivity contribution in [1.29, 1.82) is 0 Å². The first kappa shape index (κ1) is 22.9. The lowest BCUT2D eigenvalue weighted by atomic mass is 10.0. The smallest absolute Gasteiger partial charge is 0.404 e. The topological polar surface area (TPSA) is 9.23 Å². The van der Waals surface area contributed by atoms with Gasteiger partial charge in [0.2, 0.25) is 0 Å². The van der Waals surface area contributed by atoms with E-state index in [0.717, 1.165) is 23.8 Å². The van der Waals surface area contributed by atoms with Gasteiger partial charge in [0.15, 0.2) is 0 Å². The van der Waals surface area contributed by atoms with Crippen LogP contribution in [0.15, 0.2) is 48.5 Å². The van der Waals surface area contributed by atoms with Crippen LogP contribution in [0.1, 0.15) is 38.9 Å². The van der Waals surface area contributed by atoms with Crippen LogP contribution in [0.4, 0.5) is 22.0 Å². The number of benzene rings is 3. The molecule has 0 aliphatic carbocycles. The third-order valence-corrected chi connectivity index (χ3v) is 4.57. The van der Waals surface area contributed by atoms with E-state index >= 15 is 0 Å². The molecule has 0 atom stereocenters. The van der Waals surface area contributed by atoms with Gasteiger partial charge in [-0.05, 0) is 62.7 Å². The lowest BCUT2D eigenvalue weighted by Gasteiger charge is -2.12. The van der Waals surface area contributed by atoms with E-state index in [2.05, 4.69) is 28.4 Å². The molecule has 6 heteroatoms. The van der Waals surface area contributed by atoms with Gasteiger partial charge < -0.3 is 4.74 Å². The fourth-order valence-electron chi connectivity index (χ4n) is 2.76. The Balaban J connectivity index is 2.03. The van der Waals surface area contributed by atoms with Crippen molar-refractivity contribution >= 4 is 0 Å². The largest absolute Gasteiger partial charge is 0.573 e. The highest BCUT2D eigenvalue weighted by atomic mass is 19.4. The predicted molar refractivity (Wildman–Crippen MR) is 112 cm³/mol. The Morgan fingerprint density at radius 3 is 1.84 bits per heavy atom. The van der Waals surface area contributed by atoms with Crippen molar-refractivity contribution in [3.63, 3.8) is 0 Å². The van der Waals surface area contributed by atoms with Crippen LogP contribution in [0.2, 0.25) is 0 Å². The van der Waals surface area contributed by atoms with Gasteiger partial charge in [0.05, 0.1) is 5.56 Å². The molecule has 0 N–H and O–H groups in total. The SMILES string of the molecule is Cc1ccc(C#Cc2cc(C)c(C#Cc3cc(F)c(C)c(F)c3)cc2OC(F)(F)F)cc1. The van der Waals surface area contributed by atoms with Crippen LogP contribution in [-0.4, -0.2) is 6.36 Å². The number of ether oxygens (including phenoxy) is 1. The Morgan fingerprint density at radius 2 is 1.25 bits per heavy atom. The minimum atomic E-state index is -4.93. The van der Waals surface area contributed by atoms with Gasteiger partial charge in [0.25, 0.3) is 0 Å². The second-order valence-corrected chi connectivity index (χ2v) is 7.14. The third kappa shape index (κ3) is 5.89. The first-order chi connectivity index (χ1) is 15.0. The Bertz CT molecular complexity index is 1260. The Kier molecular flexibility index (Phi) is 6.55. The highest BCUT2D eigenvalue weighted by Crippen LogP contribution is 2.29. The van der Waals surface area contributed by atoms with E-state index in [0.29, 0.717) is 11.1 Å². The van der Waals surface area contributed by atoms with Crippen molar-refractivity contribution in [2.24, 2.45) is 0 Å². The minimum absolute atomic E-state index is 0.0402. The number of rotatable bonds is 1. The minimum Gasteiger partial charge on any atom is -0.404 e. The molecule has 0 spiro atoms. The molecule has 0 fully saturated rings. The van der Waals surface area contributed by atoms with Crippen molar-refractivity contribution < 1.29 is 26.7 Å². The average molecular weight is 440 g/mol. The summed E-state index contributed by atoms with van der Waals surface area (Å²) in [4.78, 5) is 0. The maximum absolute atomic E-state index is 13.7. The van der Waals surface area contributed by atoms with Crippen LogP contribution in [0.5, 0.6) is 5.75 Å². The van der Waals surface area contributed by atoms with Gasteiger partial charge >= 0.3 is 6.36 Å². The molecule has 3 aromatic rings. The van der Waals surface area contributed by atoms with Crippen molar-refractivity contribution in [3.05, 3.63) is 99.1 Å². The summed E-state index contributed by atoms with van der Waals surface area (Å²) in [6.45, 7) is 4.85. The second-order valence-electron chi connectivity index (χ2n) is 7.14. The first-order valence-corrected chi connectivity index (χ1v) is 9.48. The molecule has 0 saturated heterocycles. The molecule has 0 heterocycles. The standard InChI is InChI=1S/C26H17F5O/c1-16-4-6-19(7-5-16)8-11-22-12-17(2)21(15-25(22)32-26(29,30)31)10-9-20-13-23(27)18(3)24(28)14-20/h4-7,12-15H,1-3H3. The van der Waals surface area contributed by atoms with Gasteiger partial charge in [0, 0.05) is 22.3 Å². The van der Waals surface area contributed by atoms with E-state index in [9.17, 15) is 22.0 Å². The van der Waals surface area contributed by atoms with E-state index in [1.807, 2.05) is 19.1 Å². The van der Waals surface area contributed by atoms with Crippen LogP contribution in [0, 0.1) is 56.1 Å². The van der Waals surface area contributed by atoms with Gasteiger partial charge in [-0.1, -0.05) is 41.4 Å². The van der Waals surface area contributed by atoms with Crippen molar-refractivity contribution in [2.45, 2.75) is 27.1 Å². The molecule has 1 nitrogen and oxygen atoms in total.